The lowest BCUT2D eigenvalue weighted by Gasteiger charge is -2.16. The van der Waals surface area contributed by atoms with Gasteiger partial charge in [-0.05, 0) is 6.07 Å². The van der Waals surface area contributed by atoms with Gasteiger partial charge in [0.1, 0.15) is 5.75 Å². The minimum absolute atomic E-state index is 0.104. The van der Waals surface area contributed by atoms with E-state index in [1.54, 1.807) is 0 Å². The third kappa shape index (κ3) is 5.07. The lowest BCUT2D eigenvalue weighted by Crippen LogP contribution is -2.33. The van der Waals surface area contributed by atoms with Gasteiger partial charge in [-0.1, -0.05) is 34.8 Å². The fourth-order valence-electron chi connectivity index (χ4n) is 1.25. The lowest BCUT2D eigenvalue weighted by molar-refractivity contribution is -0.138. The van der Waals surface area contributed by atoms with Crippen molar-refractivity contribution in [1.82, 2.24) is 4.90 Å². The highest BCUT2D eigenvalue weighted by Crippen LogP contribution is 2.33. The zero-order valence-corrected chi connectivity index (χ0v) is 12.8. The summed E-state index contributed by atoms with van der Waals surface area (Å²) in [6.07, 6.45) is -0.129. The Morgan fingerprint density at radius 3 is 2.40 bits per heavy atom. The highest BCUT2D eigenvalue weighted by Gasteiger charge is 2.13. The molecule has 0 saturated heterocycles. The van der Waals surface area contributed by atoms with E-state index in [2.05, 4.69) is 0 Å². The topological polar surface area (TPSA) is 66.8 Å². The fraction of sp³-hybridized carbons (Fsp3) is 0.333. The summed E-state index contributed by atoms with van der Waals surface area (Å²) in [5.41, 5.74) is 0. The van der Waals surface area contributed by atoms with Crippen molar-refractivity contribution < 1.29 is 19.4 Å². The van der Waals surface area contributed by atoms with Gasteiger partial charge in [0, 0.05) is 19.7 Å². The smallest absolute Gasteiger partial charge is 0.305 e. The molecule has 1 amide bonds. The number of hydrogen-bond acceptors (Lipinski definition) is 3. The maximum atomic E-state index is 11.7. The largest absolute Gasteiger partial charge is 0.482 e. The number of carbonyl (C=O) groups excluding carboxylic acids is 1. The highest BCUT2D eigenvalue weighted by atomic mass is 35.5. The molecule has 0 atom stereocenters. The number of carboxylic acids is 1. The van der Waals surface area contributed by atoms with Crippen LogP contribution in [0.1, 0.15) is 6.42 Å². The van der Waals surface area contributed by atoms with Crippen LogP contribution in [0, 0.1) is 0 Å². The van der Waals surface area contributed by atoms with Crippen molar-refractivity contribution in [2.75, 3.05) is 20.2 Å². The molecule has 0 saturated carbocycles. The summed E-state index contributed by atoms with van der Waals surface area (Å²) in [5.74, 6) is -1.10. The Morgan fingerprint density at radius 1 is 1.20 bits per heavy atom. The Kier molecular flexibility index (Phi) is 6.39. The van der Waals surface area contributed by atoms with E-state index in [0.717, 1.165) is 0 Å². The summed E-state index contributed by atoms with van der Waals surface area (Å²) in [7, 11) is 1.49. The molecular weight excluding hydrogens is 328 g/mol. The molecule has 5 nitrogen and oxygen atoms in total. The maximum absolute atomic E-state index is 11.7. The van der Waals surface area contributed by atoms with Gasteiger partial charge in [0.05, 0.1) is 21.5 Å². The summed E-state index contributed by atoms with van der Waals surface area (Å²) >= 11 is 17.5. The first kappa shape index (κ1) is 16.9. The van der Waals surface area contributed by atoms with Crippen molar-refractivity contribution in [3.63, 3.8) is 0 Å². The average molecular weight is 341 g/mol. The first-order chi connectivity index (χ1) is 9.31. The second-order valence-electron chi connectivity index (χ2n) is 3.94. The van der Waals surface area contributed by atoms with Crippen LogP contribution in [0.25, 0.3) is 0 Å². The van der Waals surface area contributed by atoms with Crippen LogP contribution in [0.4, 0.5) is 0 Å². The molecule has 0 aliphatic heterocycles. The van der Waals surface area contributed by atoms with Crippen molar-refractivity contribution in [1.29, 1.82) is 0 Å². The SMILES string of the molecule is CN(CCC(=O)O)C(=O)COc1cc(Cl)c(Cl)cc1Cl. The van der Waals surface area contributed by atoms with E-state index < -0.39 is 5.97 Å². The zero-order valence-electron chi connectivity index (χ0n) is 10.5. The Hall–Kier alpha value is -1.17. The van der Waals surface area contributed by atoms with Crippen molar-refractivity contribution in [2.24, 2.45) is 0 Å². The second kappa shape index (κ2) is 7.57. The van der Waals surface area contributed by atoms with Crippen LogP contribution in [0.5, 0.6) is 5.75 Å². The van der Waals surface area contributed by atoms with Crippen LogP contribution in [0.15, 0.2) is 12.1 Å². The third-order valence-electron chi connectivity index (χ3n) is 2.41. The number of aliphatic carboxylic acids is 1. The summed E-state index contributed by atoms with van der Waals surface area (Å²) in [6, 6.07) is 2.83. The fourth-order valence-corrected chi connectivity index (χ4v) is 1.84. The van der Waals surface area contributed by atoms with Gasteiger partial charge in [0.2, 0.25) is 0 Å². The van der Waals surface area contributed by atoms with Crippen LogP contribution in [-0.4, -0.2) is 42.1 Å². The minimum atomic E-state index is -0.974. The zero-order chi connectivity index (χ0) is 15.3. The summed E-state index contributed by atoms with van der Waals surface area (Å²) in [6.45, 7) is -0.166. The number of likely N-dealkylation sites (N-methyl/N-ethyl adjacent to an activating group) is 1. The number of rotatable bonds is 6. The minimum Gasteiger partial charge on any atom is -0.482 e. The maximum Gasteiger partial charge on any atom is 0.305 e. The Balaban J connectivity index is 2.56. The molecule has 1 N–H and O–H groups in total. The van der Waals surface area contributed by atoms with Crippen LogP contribution in [0.2, 0.25) is 15.1 Å². The molecule has 0 heterocycles. The molecule has 0 spiro atoms. The molecule has 0 aromatic heterocycles. The molecule has 0 unspecified atom stereocenters. The van der Waals surface area contributed by atoms with Gasteiger partial charge in [-0.25, -0.2) is 0 Å². The predicted molar refractivity (Wildman–Crippen MR) is 76.9 cm³/mol. The van der Waals surface area contributed by atoms with Gasteiger partial charge in [0.25, 0.3) is 5.91 Å². The molecule has 8 heteroatoms. The molecule has 110 valence electrons. The Labute approximate surface area is 131 Å². The summed E-state index contributed by atoms with van der Waals surface area (Å²) < 4.78 is 5.25. The van der Waals surface area contributed by atoms with E-state index >= 15 is 0 Å². The van der Waals surface area contributed by atoms with Gasteiger partial charge in [-0.3, -0.25) is 9.59 Å². The lowest BCUT2D eigenvalue weighted by atomic mass is 10.3. The molecule has 0 fully saturated rings. The van der Waals surface area contributed by atoms with E-state index in [4.69, 9.17) is 44.6 Å². The Bertz CT molecular complexity index is 522. The van der Waals surface area contributed by atoms with E-state index in [1.807, 2.05) is 0 Å². The highest BCUT2D eigenvalue weighted by molar-refractivity contribution is 6.43. The molecule has 1 rings (SSSR count). The summed E-state index contributed by atoms with van der Waals surface area (Å²) in [4.78, 5) is 23.4. The number of hydrogen-bond donors (Lipinski definition) is 1. The summed E-state index contributed by atoms with van der Waals surface area (Å²) in [5, 5.41) is 9.32. The van der Waals surface area contributed by atoms with E-state index in [9.17, 15) is 9.59 Å². The standard InChI is InChI=1S/C12H12Cl3NO4/c1-16(3-2-12(18)19)11(17)6-20-10-5-8(14)7(13)4-9(10)15/h4-5H,2-3,6H2,1H3,(H,18,19). The normalized spacial score (nSPS) is 10.2. The number of carbonyl (C=O) groups is 2. The number of halogens is 3. The van der Waals surface area contributed by atoms with Gasteiger partial charge in [-0.2, -0.15) is 0 Å². The van der Waals surface area contributed by atoms with Crippen LogP contribution in [-0.2, 0) is 9.59 Å². The van der Waals surface area contributed by atoms with Gasteiger partial charge < -0.3 is 14.7 Å². The molecule has 0 aliphatic carbocycles. The molecule has 1 aromatic rings. The average Bonchev–Trinajstić information content (AvgIpc) is 2.38. The first-order valence-corrected chi connectivity index (χ1v) is 6.67. The van der Waals surface area contributed by atoms with Crippen molar-refractivity contribution in [3.05, 3.63) is 27.2 Å². The van der Waals surface area contributed by atoms with E-state index in [-0.39, 0.29) is 46.3 Å². The molecule has 0 bridgehead atoms. The molecule has 0 radical (unpaired) electrons. The van der Waals surface area contributed by atoms with Gasteiger partial charge in [0.15, 0.2) is 6.61 Å². The molecular formula is C12H12Cl3NO4. The number of ether oxygens (including phenoxy) is 1. The van der Waals surface area contributed by atoms with E-state index in [0.29, 0.717) is 0 Å². The molecule has 1 aromatic carbocycles. The number of carboxylic acid groups (broad SMARTS) is 1. The predicted octanol–water partition coefficient (Wildman–Crippen LogP) is 2.96. The van der Waals surface area contributed by atoms with Crippen molar-refractivity contribution >= 4 is 46.7 Å². The van der Waals surface area contributed by atoms with Crippen LogP contribution < -0.4 is 4.74 Å². The molecule has 20 heavy (non-hydrogen) atoms. The van der Waals surface area contributed by atoms with Crippen LogP contribution in [0.3, 0.4) is 0 Å². The quantitative estimate of drug-likeness (QED) is 0.809. The monoisotopic (exact) mass is 339 g/mol. The number of amides is 1. The number of benzene rings is 1. The van der Waals surface area contributed by atoms with Crippen LogP contribution >= 0.6 is 34.8 Å². The van der Waals surface area contributed by atoms with Gasteiger partial charge in [-0.15, -0.1) is 0 Å². The Morgan fingerprint density at radius 2 is 1.80 bits per heavy atom. The van der Waals surface area contributed by atoms with Gasteiger partial charge >= 0.3 is 5.97 Å². The van der Waals surface area contributed by atoms with Crippen molar-refractivity contribution in [3.8, 4) is 5.75 Å². The first-order valence-electron chi connectivity index (χ1n) is 5.54. The second-order valence-corrected chi connectivity index (χ2v) is 5.17. The third-order valence-corrected chi connectivity index (χ3v) is 3.43. The van der Waals surface area contributed by atoms with E-state index in [1.165, 1.54) is 24.1 Å². The molecule has 0 aliphatic rings. The van der Waals surface area contributed by atoms with Crippen molar-refractivity contribution in [2.45, 2.75) is 6.42 Å². The number of nitrogens with zero attached hydrogens (tertiary/aromatic N) is 1.